The highest BCUT2D eigenvalue weighted by atomic mass is 16.3. The second kappa shape index (κ2) is 5.80. The number of hydrogen-bond acceptors (Lipinski definition) is 2. The van der Waals surface area contributed by atoms with Gasteiger partial charge < -0.3 is 10.2 Å². The van der Waals surface area contributed by atoms with Crippen molar-refractivity contribution in [2.45, 2.75) is 39.2 Å². The van der Waals surface area contributed by atoms with E-state index in [2.05, 4.69) is 11.8 Å². The molecule has 0 aliphatic rings. The molecule has 2 N–H and O–H groups in total. The van der Waals surface area contributed by atoms with Crippen molar-refractivity contribution in [3.05, 3.63) is 11.6 Å². The molecule has 0 amide bonds. The Bertz CT molecular complexity index is 228. The Morgan fingerprint density at radius 2 is 2.08 bits per heavy atom. The molecule has 0 saturated carbocycles. The Morgan fingerprint density at radius 3 is 2.46 bits per heavy atom. The molecule has 0 heterocycles. The molecule has 0 fully saturated rings. The fraction of sp³-hybridized carbons (Fsp3) is 0.636. The molecule has 0 aromatic carbocycles. The van der Waals surface area contributed by atoms with Crippen LogP contribution in [0.25, 0.3) is 0 Å². The molecule has 0 aliphatic carbocycles. The van der Waals surface area contributed by atoms with Crippen LogP contribution in [0.1, 0.15) is 33.6 Å². The standard InChI is InChI=1S/C11H18O2/c1-4-10(7-9-12)6-8-11(3,13)5-2/h7,12-13H,4-5,9H2,1-3H3/b10-7+. The average Bonchev–Trinajstić information content (AvgIpc) is 2.12. The number of aliphatic hydroxyl groups excluding tert-OH is 1. The van der Waals surface area contributed by atoms with E-state index in [-0.39, 0.29) is 6.61 Å². The smallest absolute Gasteiger partial charge is 0.122 e. The van der Waals surface area contributed by atoms with Crippen LogP contribution < -0.4 is 0 Å². The van der Waals surface area contributed by atoms with E-state index in [1.165, 1.54) is 0 Å². The number of hydrogen-bond donors (Lipinski definition) is 2. The predicted molar refractivity (Wildman–Crippen MR) is 54.2 cm³/mol. The zero-order valence-corrected chi connectivity index (χ0v) is 8.59. The highest BCUT2D eigenvalue weighted by Crippen LogP contribution is 2.07. The Hall–Kier alpha value is -0.780. The molecule has 0 spiro atoms. The molecule has 0 radical (unpaired) electrons. The fourth-order valence-corrected chi connectivity index (χ4v) is 0.697. The van der Waals surface area contributed by atoms with Gasteiger partial charge in [0.15, 0.2) is 0 Å². The van der Waals surface area contributed by atoms with E-state index in [1.807, 2.05) is 13.8 Å². The number of rotatable bonds is 3. The van der Waals surface area contributed by atoms with E-state index < -0.39 is 5.60 Å². The van der Waals surface area contributed by atoms with Gasteiger partial charge in [0.2, 0.25) is 0 Å². The van der Waals surface area contributed by atoms with Crippen LogP contribution in [0, 0.1) is 11.8 Å². The van der Waals surface area contributed by atoms with Crippen molar-refractivity contribution in [2.75, 3.05) is 6.61 Å². The Balaban J connectivity index is 4.45. The third kappa shape index (κ3) is 5.46. The van der Waals surface area contributed by atoms with Crippen LogP contribution in [0.4, 0.5) is 0 Å². The summed E-state index contributed by atoms with van der Waals surface area (Å²) in [6, 6.07) is 0. The van der Waals surface area contributed by atoms with Crippen molar-refractivity contribution in [1.82, 2.24) is 0 Å². The van der Waals surface area contributed by atoms with Crippen LogP contribution in [0.5, 0.6) is 0 Å². The average molecular weight is 182 g/mol. The lowest BCUT2D eigenvalue weighted by molar-refractivity contribution is 0.118. The minimum Gasteiger partial charge on any atom is -0.392 e. The summed E-state index contributed by atoms with van der Waals surface area (Å²) in [5, 5.41) is 18.2. The van der Waals surface area contributed by atoms with Gasteiger partial charge in [0.25, 0.3) is 0 Å². The van der Waals surface area contributed by atoms with Crippen molar-refractivity contribution in [2.24, 2.45) is 0 Å². The predicted octanol–water partition coefficient (Wildman–Crippen LogP) is 1.48. The molecule has 0 aliphatic heterocycles. The van der Waals surface area contributed by atoms with Gasteiger partial charge in [-0.25, -0.2) is 0 Å². The first-order valence-electron chi connectivity index (χ1n) is 4.61. The summed E-state index contributed by atoms with van der Waals surface area (Å²) >= 11 is 0. The van der Waals surface area contributed by atoms with E-state index in [0.29, 0.717) is 6.42 Å². The van der Waals surface area contributed by atoms with Gasteiger partial charge in [-0.15, -0.1) is 0 Å². The van der Waals surface area contributed by atoms with Gasteiger partial charge in [0.05, 0.1) is 6.61 Å². The molecule has 2 nitrogen and oxygen atoms in total. The van der Waals surface area contributed by atoms with Crippen molar-refractivity contribution in [1.29, 1.82) is 0 Å². The maximum absolute atomic E-state index is 9.57. The number of aliphatic hydroxyl groups is 2. The van der Waals surface area contributed by atoms with Crippen LogP contribution in [0.3, 0.4) is 0 Å². The first-order chi connectivity index (χ1) is 6.05. The van der Waals surface area contributed by atoms with E-state index in [1.54, 1.807) is 13.0 Å². The molecule has 0 aromatic rings. The second-order valence-corrected chi connectivity index (χ2v) is 3.14. The van der Waals surface area contributed by atoms with Crippen molar-refractivity contribution < 1.29 is 10.2 Å². The fourth-order valence-electron chi connectivity index (χ4n) is 0.697. The van der Waals surface area contributed by atoms with E-state index >= 15 is 0 Å². The normalized spacial score (nSPS) is 15.9. The zero-order valence-electron chi connectivity index (χ0n) is 8.59. The summed E-state index contributed by atoms with van der Waals surface area (Å²) in [5.74, 6) is 5.63. The summed E-state index contributed by atoms with van der Waals surface area (Å²) in [5.41, 5.74) is -0.0415. The first kappa shape index (κ1) is 12.2. The van der Waals surface area contributed by atoms with Crippen LogP contribution in [-0.2, 0) is 0 Å². The van der Waals surface area contributed by atoms with E-state index in [9.17, 15) is 5.11 Å². The first-order valence-corrected chi connectivity index (χ1v) is 4.61. The lowest BCUT2D eigenvalue weighted by Gasteiger charge is -2.11. The molecule has 2 heteroatoms. The minimum absolute atomic E-state index is 0.00607. The largest absolute Gasteiger partial charge is 0.392 e. The molecule has 1 atom stereocenters. The SMILES string of the molecule is CC/C(C#CC(C)(O)CC)=C\CO. The van der Waals surface area contributed by atoms with Gasteiger partial charge in [-0.2, -0.15) is 0 Å². The van der Waals surface area contributed by atoms with Crippen molar-refractivity contribution >= 4 is 0 Å². The molecular weight excluding hydrogens is 164 g/mol. The molecule has 0 saturated heterocycles. The van der Waals surface area contributed by atoms with Gasteiger partial charge >= 0.3 is 0 Å². The zero-order chi connectivity index (χ0) is 10.3. The molecule has 13 heavy (non-hydrogen) atoms. The van der Waals surface area contributed by atoms with Crippen LogP contribution >= 0.6 is 0 Å². The monoisotopic (exact) mass is 182 g/mol. The summed E-state index contributed by atoms with van der Waals surface area (Å²) in [6.07, 6.45) is 3.06. The lowest BCUT2D eigenvalue weighted by atomic mass is 10.0. The van der Waals surface area contributed by atoms with Gasteiger partial charge in [0, 0.05) is 5.57 Å². The van der Waals surface area contributed by atoms with Crippen LogP contribution in [0.2, 0.25) is 0 Å². The highest BCUT2D eigenvalue weighted by molar-refractivity contribution is 5.31. The van der Waals surface area contributed by atoms with Gasteiger partial charge in [-0.3, -0.25) is 0 Å². The Morgan fingerprint density at radius 1 is 1.46 bits per heavy atom. The maximum Gasteiger partial charge on any atom is 0.122 e. The van der Waals surface area contributed by atoms with Gasteiger partial charge in [-0.05, 0) is 25.8 Å². The summed E-state index contributed by atoms with van der Waals surface area (Å²) in [6.45, 7) is 5.55. The molecule has 1 unspecified atom stereocenters. The summed E-state index contributed by atoms with van der Waals surface area (Å²) < 4.78 is 0. The summed E-state index contributed by atoms with van der Waals surface area (Å²) in [4.78, 5) is 0. The maximum atomic E-state index is 9.57. The van der Waals surface area contributed by atoms with E-state index in [4.69, 9.17) is 5.11 Å². The van der Waals surface area contributed by atoms with Crippen molar-refractivity contribution in [3.8, 4) is 11.8 Å². The van der Waals surface area contributed by atoms with E-state index in [0.717, 1.165) is 12.0 Å². The topological polar surface area (TPSA) is 40.5 Å². The second-order valence-electron chi connectivity index (χ2n) is 3.14. The Kier molecular flexibility index (Phi) is 5.45. The summed E-state index contributed by atoms with van der Waals surface area (Å²) in [7, 11) is 0. The third-order valence-electron chi connectivity index (χ3n) is 1.90. The molecule has 74 valence electrons. The molecule has 0 bridgehead atoms. The third-order valence-corrected chi connectivity index (χ3v) is 1.90. The number of allylic oxidation sites excluding steroid dienone is 1. The van der Waals surface area contributed by atoms with Gasteiger partial charge in [0.1, 0.15) is 5.60 Å². The van der Waals surface area contributed by atoms with Gasteiger partial charge in [-0.1, -0.05) is 25.7 Å². The Labute approximate surface area is 80.3 Å². The lowest BCUT2D eigenvalue weighted by Crippen LogP contribution is -2.19. The molecule has 0 rings (SSSR count). The van der Waals surface area contributed by atoms with Crippen LogP contribution in [0.15, 0.2) is 11.6 Å². The molecule has 0 aromatic heterocycles. The highest BCUT2D eigenvalue weighted by Gasteiger charge is 2.12. The quantitative estimate of drug-likeness (QED) is 0.649. The molecular formula is C11H18O2. The minimum atomic E-state index is -0.913. The van der Waals surface area contributed by atoms with Crippen LogP contribution in [-0.4, -0.2) is 22.4 Å². The van der Waals surface area contributed by atoms with Crippen molar-refractivity contribution in [3.63, 3.8) is 0 Å².